The Hall–Kier alpha value is 1.39. The van der Waals surface area contributed by atoms with Gasteiger partial charge >= 0.3 is 34.2 Å². The number of halogens is 1. The molecular formula is C13H39ClO5Si6. The monoisotopic (exact) mass is 478 g/mol. The second-order valence-electron chi connectivity index (χ2n) is 9.59. The standard InChI is InChI=1S/C13H39ClO5Si6/c1-20(2,3)15-22(6,7)17-24(10,11)19-25(12,13)18-23(8,9)16-21(4,5)14/h1-13H3. The lowest BCUT2D eigenvalue weighted by Gasteiger charge is -2.42. The largest absolute Gasteiger partial charge is 0.437 e. The molecule has 5 nitrogen and oxygen atoms in total. The predicted octanol–water partition coefficient (Wildman–Crippen LogP) is 5.65. The minimum absolute atomic E-state index is 1.66. The molecule has 0 aromatic heterocycles. The normalized spacial score (nSPS) is 15.6. The van der Waals surface area contributed by atoms with E-state index in [0.29, 0.717) is 0 Å². The van der Waals surface area contributed by atoms with Crippen molar-refractivity contribution < 1.29 is 20.6 Å². The Balaban J connectivity index is 5.01. The topological polar surface area (TPSA) is 46.2 Å². The second kappa shape index (κ2) is 8.41. The van der Waals surface area contributed by atoms with Crippen LogP contribution in [-0.2, 0) is 20.6 Å². The van der Waals surface area contributed by atoms with Crippen LogP contribution in [0.5, 0.6) is 0 Å². The van der Waals surface area contributed by atoms with Crippen molar-refractivity contribution in [3.8, 4) is 0 Å². The van der Waals surface area contributed by atoms with E-state index in [4.69, 9.17) is 31.7 Å². The molecule has 0 atom stereocenters. The molecule has 0 rings (SSSR count). The van der Waals surface area contributed by atoms with E-state index in [1.807, 2.05) is 26.2 Å². The van der Waals surface area contributed by atoms with Crippen LogP contribution >= 0.6 is 11.1 Å². The fraction of sp³-hybridized carbons (Fsp3) is 1.00. The Morgan fingerprint density at radius 2 is 0.640 bits per heavy atom. The van der Waals surface area contributed by atoms with Crippen LogP contribution < -0.4 is 0 Å². The molecule has 0 heterocycles. The molecule has 0 bridgehead atoms. The van der Waals surface area contributed by atoms with E-state index >= 15 is 0 Å². The Bertz CT molecular complexity index is 405. The molecule has 0 spiro atoms. The molecule has 0 aromatic rings. The van der Waals surface area contributed by atoms with Gasteiger partial charge in [0.2, 0.25) is 0 Å². The van der Waals surface area contributed by atoms with E-state index in [9.17, 15) is 0 Å². The van der Waals surface area contributed by atoms with Crippen LogP contribution in [0.3, 0.4) is 0 Å². The van der Waals surface area contributed by atoms with Crippen LogP contribution in [0.2, 0.25) is 85.1 Å². The van der Waals surface area contributed by atoms with Gasteiger partial charge < -0.3 is 20.6 Å². The van der Waals surface area contributed by atoms with Gasteiger partial charge in [-0.05, 0) is 85.1 Å². The molecule has 152 valence electrons. The lowest BCUT2D eigenvalue weighted by Crippen LogP contribution is -2.59. The van der Waals surface area contributed by atoms with Gasteiger partial charge in [0.1, 0.15) is 0 Å². The van der Waals surface area contributed by atoms with E-state index in [2.05, 4.69) is 58.9 Å². The summed E-state index contributed by atoms with van der Waals surface area (Å²) in [4.78, 5) is 0. The predicted molar refractivity (Wildman–Crippen MR) is 122 cm³/mol. The number of hydrogen-bond acceptors (Lipinski definition) is 5. The Morgan fingerprint density at radius 1 is 0.400 bits per heavy atom. The molecule has 0 saturated carbocycles. The lowest BCUT2D eigenvalue weighted by atomic mass is 11.8. The van der Waals surface area contributed by atoms with Crippen molar-refractivity contribution in [2.24, 2.45) is 0 Å². The maximum absolute atomic E-state index is 6.46. The minimum atomic E-state index is -2.42. The van der Waals surface area contributed by atoms with Gasteiger partial charge in [-0.3, -0.25) is 0 Å². The molecule has 25 heavy (non-hydrogen) atoms. The van der Waals surface area contributed by atoms with Gasteiger partial charge in [0, 0.05) is 0 Å². The summed E-state index contributed by atoms with van der Waals surface area (Å²) in [6, 6.07) is 0. The summed E-state index contributed by atoms with van der Waals surface area (Å²) in [5.74, 6) is 0. The molecule has 0 unspecified atom stereocenters. The van der Waals surface area contributed by atoms with E-state index in [1.54, 1.807) is 0 Å². The fourth-order valence-corrected chi connectivity index (χ4v) is 31.8. The first-order chi connectivity index (χ1) is 10.5. The van der Waals surface area contributed by atoms with Crippen molar-refractivity contribution >= 4 is 61.3 Å². The van der Waals surface area contributed by atoms with E-state index in [0.717, 1.165) is 0 Å². The van der Waals surface area contributed by atoms with Gasteiger partial charge in [-0.25, -0.2) is 0 Å². The van der Waals surface area contributed by atoms with Gasteiger partial charge in [-0.2, -0.15) is 0 Å². The average molecular weight is 479 g/mol. The van der Waals surface area contributed by atoms with Gasteiger partial charge in [-0.1, -0.05) is 0 Å². The summed E-state index contributed by atoms with van der Waals surface area (Å²) in [5.41, 5.74) is 0. The summed E-state index contributed by atoms with van der Waals surface area (Å²) >= 11 is 6.35. The van der Waals surface area contributed by atoms with Crippen LogP contribution in [0.25, 0.3) is 0 Å². The van der Waals surface area contributed by atoms with E-state index in [1.165, 1.54) is 0 Å². The summed E-state index contributed by atoms with van der Waals surface area (Å²) in [6.07, 6.45) is 0. The first-order valence-electron chi connectivity index (χ1n) is 8.73. The maximum Gasteiger partial charge on any atom is 0.314 e. The second-order valence-corrected chi connectivity index (χ2v) is 34.5. The first-order valence-corrected chi connectivity index (χ1v) is 27.3. The van der Waals surface area contributed by atoms with Gasteiger partial charge in [0.05, 0.1) is 0 Å². The maximum atomic E-state index is 6.46. The molecule has 0 N–H and O–H groups in total. The van der Waals surface area contributed by atoms with Crippen LogP contribution in [-0.4, -0.2) is 50.2 Å². The Kier molecular flexibility index (Phi) is 8.87. The molecule has 0 aliphatic carbocycles. The third-order valence-corrected chi connectivity index (χ3v) is 23.3. The highest BCUT2D eigenvalue weighted by molar-refractivity contribution is 7.17. The third-order valence-electron chi connectivity index (χ3n) is 2.52. The van der Waals surface area contributed by atoms with Crippen molar-refractivity contribution in [3.05, 3.63) is 0 Å². The van der Waals surface area contributed by atoms with Crippen molar-refractivity contribution in [2.45, 2.75) is 85.1 Å². The molecule has 0 aliphatic heterocycles. The molecule has 0 aliphatic rings. The lowest BCUT2D eigenvalue weighted by molar-refractivity contribution is 0.283. The summed E-state index contributed by atoms with van der Waals surface area (Å²) in [6.45, 7) is 27.0. The summed E-state index contributed by atoms with van der Waals surface area (Å²) in [7, 11) is -13.2. The molecule has 0 aromatic carbocycles. The quantitative estimate of drug-likeness (QED) is 0.299. The number of rotatable bonds is 10. The fourth-order valence-electron chi connectivity index (χ4n) is 3.18. The third kappa shape index (κ3) is 14.1. The SMILES string of the molecule is C[Si](C)(C)O[Si](C)(C)O[Si](C)(C)O[Si](C)(C)O[Si](C)(C)O[Si](C)(C)Cl. The molecule has 12 heteroatoms. The molecule has 0 amide bonds. The molecule has 0 fully saturated rings. The van der Waals surface area contributed by atoms with Gasteiger partial charge in [0.25, 0.3) is 7.63 Å². The molecule has 0 saturated heterocycles. The highest BCUT2D eigenvalue weighted by Crippen LogP contribution is 2.27. The van der Waals surface area contributed by atoms with Crippen molar-refractivity contribution in [1.82, 2.24) is 0 Å². The average Bonchev–Trinajstić information content (AvgIpc) is 1.97. The zero-order chi connectivity index (χ0) is 20.5. The molecule has 0 radical (unpaired) electrons. The number of hydrogen-bond donors (Lipinski definition) is 0. The van der Waals surface area contributed by atoms with E-state index in [-0.39, 0.29) is 0 Å². The van der Waals surface area contributed by atoms with Gasteiger partial charge in [0.15, 0.2) is 8.32 Å². The highest BCUT2D eigenvalue weighted by Gasteiger charge is 2.46. The smallest absolute Gasteiger partial charge is 0.314 e. The first kappa shape index (κ1) is 26.4. The van der Waals surface area contributed by atoms with Gasteiger partial charge in [-0.15, -0.1) is 11.1 Å². The van der Waals surface area contributed by atoms with Crippen LogP contribution in [0.15, 0.2) is 0 Å². The zero-order valence-corrected chi connectivity index (χ0v) is 25.2. The van der Waals surface area contributed by atoms with Crippen molar-refractivity contribution in [1.29, 1.82) is 0 Å². The zero-order valence-electron chi connectivity index (χ0n) is 18.4. The van der Waals surface area contributed by atoms with Crippen molar-refractivity contribution in [2.75, 3.05) is 0 Å². The minimum Gasteiger partial charge on any atom is -0.437 e. The summed E-state index contributed by atoms with van der Waals surface area (Å²) in [5, 5.41) is 0. The Labute approximate surface area is 166 Å². The Morgan fingerprint density at radius 3 is 0.880 bits per heavy atom. The van der Waals surface area contributed by atoms with Crippen LogP contribution in [0.1, 0.15) is 0 Å². The highest BCUT2D eigenvalue weighted by atomic mass is 35.6. The molecular weight excluding hydrogens is 440 g/mol. The summed E-state index contributed by atoms with van der Waals surface area (Å²) < 4.78 is 31.6. The van der Waals surface area contributed by atoms with Crippen LogP contribution in [0, 0.1) is 0 Å². The van der Waals surface area contributed by atoms with E-state index < -0.39 is 50.2 Å². The van der Waals surface area contributed by atoms with Crippen LogP contribution in [0.4, 0.5) is 0 Å². The van der Waals surface area contributed by atoms with Crippen molar-refractivity contribution in [3.63, 3.8) is 0 Å².